The van der Waals surface area contributed by atoms with Crippen LogP contribution in [-0.4, -0.2) is 39.4 Å². The van der Waals surface area contributed by atoms with Gasteiger partial charge in [0.15, 0.2) is 0 Å². The fourth-order valence-corrected chi connectivity index (χ4v) is 4.11. The summed E-state index contributed by atoms with van der Waals surface area (Å²) in [6, 6.07) is 10.4. The topological polar surface area (TPSA) is 71.1 Å². The fraction of sp³-hybridized carbons (Fsp3) is 0.364. The van der Waals surface area contributed by atoms with Gasteiger partial charge in [0.2, 0.25) is 0 Å². The van der Waals surface area contributed by atoms with E-state index in [-0.39, 0.29) is 11.9 Å². The second kappa shape index (κ2) is 13.0. The van der Waals surface area contributed by atoms with E-state index in [0.29, 0.717) is 24.3 Å². The van der Waals surface area contributed by atoms with Crippen LogP contribution in [0.15, 0.2) is 36.4 Å². The third kappa shape index (κ3) is 7.60. The lowest BCUT2D eigenvalue weighted by Gasteiger charge is -2.08. The zero-order valence-corrected chi connectivity index (χ0v) is 21.2. The summed E-state index contributed by atoms with van der Waals surface area (Å²) in [4.78, 5) is 24.1. The molecule has 0 N–H and O–H groups in total. The van der Waals surface area contributed by atoms with Crippen LogP contribution in [0.2, 0.25) is 0 Å². The van der Waals surface area contributed by atoms with Crippen LogP contribution in [0.3, 0.4) is 0 Å². The second-order valence-corrected chi connectivity index (χ2v) is 8.71. The van der Waals surface area contributed by atoms with Crippen molar-refractivity contribution >= 4 is 57.1 Å². The van der Waals surface area contributed by atoms with Crippen LogP contribution in [0, 0.1) is 7.14 Å². The molecule has 0 aliphatic heterocycles. The van der Waals surface area contributed by atoms with Crippen molar-refractivity contribution in [2.75, 3.05) is 27.4 Å². The lowest BCUT2D eigenvalue weighted by molar-refractivity contribution is 0.0473. The van der Waals surface area contributed by atoms with Gasteiger partial charge in [-0.25, -0.2) is 9.59 Å². The Morgan fingerprint density at radius 3 is 1.43 bits per heavy atom. The second-order valence-electron chi connectivity index (χ2n) is 6.38. The molecule has 30 heavy (non-hydrogen) atoms. The monoisotopic (exact) mass is 638 g/mol. The van der Waals surface area contributed by atoms with Crippen LogP contribution in [0.5, 0.6) is 11.5 Å². The van der Waals surface area contributed by atoms with Gasteiger partial charge in [0.1, 0.15) is 11.5 Å². The Morgan fingerprint density at radius 1 is 0.700 bits per heavy atom. The van der Waals surface area contributed by atoms with Gasteiger partial charge in [-0.1, -0.05) is 0 Å². The molecule has 6 nitrogen and oxygen atoms in total. The number of halogens is 2. The highest BCUT2D eigenvalue weighted by Gasteiger charge is 2.11. The number of carbonyl (C=O) groups excluding carboxylic acids is 2. The molecule has 0 aliphatic rings. The van der Waals surface area contributed by atoms with Gasteiger partial charge < -0.3 is 18.9 Å². The average molecular weight is 638 g/mol. The number of hydrogen-bond donors (Lipinski definition) is 0. The van der Waals surface area contributed by atoms with E-state index in [2.05, 4.69) is 45.2 Å². The van der Waals surface area contributed by atoms with Gasteiger partial charge in [-0.15, -0.1) is 0 Å². The number of unbranched alkanes of at least 4 members (excludes halogenated alkanes) is 3. The molecule has 0 atom stereocenters. The third-order valence-corrected chi connectivity index (χ3v) is 5.97. The smallest absolute Gasteiger partial charge is 0.338 e. The largest absolute Gasteiger partial charge is 0.496 e. The molecule has 0 fully saturated rings. The Hall–Kier alpha value is -1.56. The first kappa shape index (κ1) is 24.7. The highest BCUT2D eigenvalue weighted by Crippen LogP contribution is 2.23. The minimum atomic E-state index is -0.335. The molecule has 0 spiro atoms. The third-order valence-electron chi connectivity index (χ3n) is 4.28. The number of benzene rings is 2. The summed E-state index contributed by atoms with van der Waals surface area (Å²) in [5, 5.41) is 0. The molecular formula is C22H24I2O6. The Kier molecular flexibility index (Phi) is 10.7. The Bertz CT molecular complexity index is 797. The SMILES string of the molecule is COc1ccc(C(=O)OCCCCCCOC(=O)c2ccc(OC)c(I)c2)cc1I. The van der Waals surface area contributed by atoms with Crippen LogP contribution in [0.1, 0.15) is 46.4 Å². The summed E-state index contributed by atoms with van der Waals surface area (Å²) in [6.45, 7) is 0.733. The van der Waals surface area contributed by atoms with E-state index in [9.17, 15) is 9.59 Å². The number of esters is 2. The number of hydrogen-bond acceptors (Lipinski definition) is 6. The predicted octanol–water partition coefficient (Wildman–Crippen LogP) is 5.49. The molecule has 162 valence electrons. The lowest BCUT2D eigenvalue weighted by atomic mass is 10.2. The zero-order valence-electron chi connectivity index (χ0n) is 16.9. The van der Waals surface area contributed by atoms with E-state index in [1.54, 1.807) is 50.6 Å². The maximum atomic E-state index is 12.1. The van der Waals surface area contributed by atoms with Gasteiger partial charge in [-0.3, -0.25) is 0 Å². The lowest BCUT2D eigenvalue weighted by Crippen LogP contribution is -2.08. The van der Waals surface area contributed by atoms with Crippen molar-refractivity contribution in [2.24, 2.45) is 0 Å². The van der Waals surface area contributed by atoms with Crippen molar-refractivity contribution in [1.29, 1.82) is 0 Å². The van der Waals surface area contributed by atoms with Crippen molar-refractivity contribution in [3.8, 4) is 11.5 Å². The van der Waals surface area contributed by atoms with E-state index >= 15 is 0 Å². The molecule has 0 unspecified atom stereocenters. The minimum absolute atomic E-state index is 0.335. The molecule has 0 aromatic heterocycles. The van der Waals surface area contributed by atoms with Crippen molar-refractivity contribution in [3.05, 3.63) is 54.7 Å². The van der Waals surface area contributed by atoms with Crippen molar-refractivity contribution in [3.63, 3.8) is 0 Å². The molecule has 2 aromatic carbocycles. The van der Waals surface area contributed by atoms with E-state index < -0.39 is 0 Å². The molecule has 0 aliphatic carbocycles. The Balaban J connectivity index is 1.58. The van der Waals surface area contributed by atoms with Crippen LogP contribution in [-0.2, 0) is 9.47 Å². The van der Waals surface area contributed by atoms with Gasteiger partial charge in [-0.2, -0.15) is 0 Å². The minimum Gasteiger partial charge on any atom is -0.496 e. The summed E-state index contributed by atoms with van der Waals surface area (Å²) in [5.41, 5.74) is 1.03. The maximum Gasteiger partial charge on any atom is 0.338 e. The summed E-state index contributed by atoms with van der Waals surface area (Å²) in [7, 11) is 3.19. The molecule has 2 rings (SSSR count). The van der Waals surface area contributed by atoms with Gasteiger partial charge >= 0.3 is 11.9 Å². The van der Waals surface area contributed by atoms with Crippen molar-refractivity contribution in [2.45, 2.75) is 25.7 Å². The summed E-state index contributed by atoms with van der Waals surface area (Å²) < 4.78 is 22.7. The molecule has 0 radical (unpaired) electrons. The molecule has 0 heterocycles. The number of rotatable bonds is 11. The summed E-state index contributed by atoms with van der Waals surface area (Å²) in [6.07, 6.45) is 3.32. The van der Waals surface area contributed by atoms with Gasteiger partial charge in [-0.05, 0) is 107 Å². The normalized spacial score (nSPS) is 10.4. The predicted molar refractivity (Wildman–Crippen MR) is 130 cm³/mol. The fourth-order valence-electron chi connectivity index (χ4n) is 2.64. The van der Waals surface area contributed by atoms with E-state index in [1.165, 1.54) is 0 Å². The highest BCUT2D eigenvalue weighted by molar-refractivity contribution is 14.1. The van der Waals surface area contributed by atoms with Gasteiger partial charge in [0, 0.05) is 0 Å². The molecule has 0 amide bonds. The summed E-state index contributed by atoms with van der Waals surface area (Å²) >= 11 is 4.24. The van der Waals surface area contributed by atoms with Gasteiger partial charge in [0.05, 0.1) is 45.7 Å². The Labute approximate surface area is 203 Å². The van der Waals surface area contributed by atoms with E-state index in [4.69, 9.17) is 18.9 Å². The zero-order chi connectivity index (χ0) is 21.9. The quantitative estimate of drug-likeness (QED) is 0.184. The van der Waals surface area contributed by atoms with Crippen LogP contribution in [0.25, 0.3) is 0 Å². The summed E-state index contributed by atoms with van der Waals surface area (Å²) in [5.74, 6) is 0.793. The van der Waals surface area contributed by atoms with Gasteiger partial charge in [0.25, 0.3) is 0 Å². The van der Waals surface area contributed by atoms with E-state index in [0.717, 1.165) is 44.3 Å². The number of methoxy groups -OCH3 is 2. The Morgan fingerprint density at radius 2 is 1.10 bits per heavy atom. The number of carbonyl (C=O) groups is 2. The molecule has 0 saturated carbocycles. The maximum absolute atomic E-state index is 12.1. The molecule has 2 aromatic rings. The van der Waals surface area contributed by atoms with Crippen molar-refractivity contribution < 1.29 is 28.5 Å². The standard InChI is InChI=1S/C22H24I2O6/c1-27-19-9-7-15(13-17(19)23)21(25)29-11-5-3-4-6-12-30-22(26)16-8-10-20(28-2)18(24)14-16/h7-10,13-14H,3-6,11-12H2,1-2H3. The van der Waals surface area contributed by atoms with Crippen molar-refractivity contribution in [1.82, 2.24) is 0 Å². The van der Waals surface area contributed by atoms with Crippen LogP contribution in [0.4, 0.5) is 0 Å². The highest BCUT2D eigenvalue weighted by atomic mass is 127. The molecule has 0 bridgehead atoms. The first-order valence-electron chi connectivity index (χ1n) is 9.47. The average Bonchev–Trinajstić information content (AvgIpc) is 2.75. The van der Waals surface area contributed by atoms with Crippen LogP contribution >= 0.6 is 45.2 Å². The number of ether oxygens (including phenoxy) is 4. The van der Waals surface area contributed by atoms with E-state index in [1.807, 2.05) is 0 Å². The first-order chi connectivity index (χ1) is 14.5. The molecule has 0 saturated heterocycles. The molecule has 8 heteroatoms. The molecular weight excluding hydrogens is 614 g/mol. The van der Waals surface area contributed by atoms with Crippen LogP contribution < -0.4 is 9.47 Å². The first-order valence-corrected chi connectivity index (χ1v) is 11.6.